The van der Waals surface area contributed by atoms with Crippen molar-refractivity contribution in [1.82, 2.24) is 0 Å². The molecular formula is C21H23F3N2O. The maximum absolute atomic E-state index is 13.2. The number of rotatable bonds is 4. The van der Waals surface area contributed by atoms with Crippen LogP contribution in [0.25, 0.3) is 0 Å². The summed E-state index contributed by atoms with van der Waals surface area (Å²) in [5.74, 6) is 0.109. The Hall–Kier alpha value is -2.26. The lowest BCUT2D eigenvalue weighted by atomic mass is 9.73. The van der Waals surface area contributed by atoms with E-state index in [1.165, 1.54) is 12.1 Å². The average Bonchev–Trinajstić information content (AvgIpc) is 2.66. The molecule has 0 radical (unpaired) electrons. The molecule has 144 valence electrons. The monoisotopic (exact) mass is 376 g/mol. The molecule has 0 saturated heterocycles. The second-order valence-electron chi connectivity index (χ2n) is 7.14. The van der Waals surface area contributed by atoms with Gasteiger partial charge >= 0.3 is 6.18 Å². The van der Waals surface area contributed by atoms with Gasteiger partial charge in [-0.3, -0.25) is 0 Å². The van der Waals surface area contributed by atoms with Gasteiger partial charge in [-0.25, -0.2) is 0 Å². The molecule has 6 heteroatoms. The number of halogens is 3. The van der Waals surface area contributed by atoms with E-state index in [0.717, 1.165) is 18.9 Å². The van der Waals surface area contributed by atoms with E-state index in [9.17, 15) is 18.4 Å². The number of benzene rings is 1. The van der Waals surface area contributed by atoms with Crippen LogP contribution in [-0.2, 0) is 10.9 Å². The molecule has 2 aliphatic rings. The Labute approximate surface area is 157 Å². The lowest BCUT2D eigenvalue weighted by Crippen LogP contribution is -2.43. The smallest absolute Gasteiger partial charge is 0.381 e. The van der Waals surface area contributed by atoms with Gasteiger partial charge in [0.15, 0.2) is 0 Å². The minimum Gasteiger partial charge on any atom is -0.381 e. The van der Waals surface area contributed by atoms with Crippen molar-refractivity contribution >= 4 is 5.69 Å². The van der Waals surface area contributed by atoms with E-state index in [4.69, 9.17) is 4.74 Å². The number of nitrogens with one attached hydrogen (secondary N) is 1. The number of anilines is 1. The van der Waals surface area contributed by atoms with Crippen LogP contribution in [0.5, 0.6) is 0 Å². The molecule has 1 unspecified atom stereocenters. The van der Waals surface area contributed by atoms with Gasteiger partial charge in [0.25, 0.3) is 0 Å². The predicted molar refractivity (Wildman–Crippen MR) is 97.9 cm³/mol. The summed E-state index contributed by atoms with van der Waals surface area (Å²) in [6.45, 7) is 2.06. The van der Waals surface area contributed by atoms with E-state index in [1.807, 2.05) is 12.2 Å². The van der Waals surface area contributed by atoms with Crippen molar-refractivity contribution in [3.8, 4) is 6.07 Å². The first-order chi connectivity index (χ1) is 12.9. The molecule has 0 spiro atoms. The Morgan fingerprint density at radius 1 is 1.33 bits per heavy atom. The minimum atomic E-state index is -4.39. The van der Waals surface area contributed by atoms with E-state index in [2.05, 4.69) is 24.4 Å². The molecule has 0 bridgehead atoms. The van der Waals surface area contributed by atoms with Crippen molar-refractivity contribution in [3.63, 3.8) is 0 Å². The molecule has 0 aromatic heterocycles. The first-order valence-electron chi connectivity index (χ1n) is 9.17. The Morgan fingerprint density at radius 2 is 2.11 bits per heavy atom. The first-order valence-corrected chi connectivity index (χ1v) is 9.17. The van der Waals surface area contributed by atoms with Crippen LogP contribution in [0.15, 0.2) is 42.0 Å². The summed E-state index contributed by atoms with van der Waals surface area (Å²) in [7, 11) is 1.55. The molecule has 4 atom stereocenters. The predicted octanol–water partition coefficient (Wildman–Crippen LogP) is 5.63. The number of ether oxygens (including phenoxy) is 1. The third-order valence-electron chi connectivity index (χ3n) is 5.45. The quantitative estimate of drug-likeness (QED) is 0.741. The van der Waals surface area contributed by atoms with Crippen molar-refractivity contribution in [2.75, 3.05) is 12.4 Å². The van der Waals surface area contributed by atoms with E-state index in [-0.39, 0.29) is 17.9 Å². The topological polar surface area (TPSA) is 45.0 Å². The summed E-state index contributed by atoms with van der Waals surface area (Å²) >= 11 is 0. The summed E-state index contributed by atoms with van der Waals surface area (Å²) in [5, 5.41) is 12.7. The largest absolute Gasteiger partial charge is 0.416 e. The molecule has 1 aromatic carbocycles. The van der Waals surface area contributed by atoms with Gasteiger partial charge in [0.2, 0.25) is 0 Å². The van der Waals surface area contributed by atoms with E-state index in [0.29, 0.717) is 23.2 Å². The molecule has 3 rings (SSSR count). The van der Waals surface area contributed by atoms with Gasteiger partial charge in [-0.1, -0.05) is 25.5 Å². The van der Waals surface area contributed by atoms with Gasteiger partial charge in [0.05, 0.1) is 17.7 Å². The molecular weight excluding hydrogens is 353 g/mol. The SMILES string of the molecule is CCC[C@@H]1[C@H](OC)c2cc(C(F)(F)F)ccc2N[C@H]1C1C=CC=C(C#N)C1. The number of nitriles is 1. The fraction of sp³-hybridized carbons (Fsp3) is 0.476. The Bertz CT molecular complexity index is 792. The molecule has 27 heavy (non-hydrogen) atoms. The molecule has 1 aliphatic carbocycles. The first kappa shape index (κ1) is 19.5. The summed E-state index contributed by atoms with van der Waals surface area (Å²) in [6.07, 6.45) is 3.31. The van der Waals surface area contributed by atoms with E-state index < -0.39 is 17.8 Å². The molecule has 1 heterocycles. The molecule has 1 aliphatic heterocycles. The zero-order chi connectivity index (χ0) is 19.6. The van der Waals surface area contributed by atoms with Crippen molar-refractivity contribution in [3.05, 3.63) is 53.1 Å². The van der Waals surface area contributed by atoms with Crippen LogP contribution < -0.4 is 5.32 Å². The number of fused-ring (bicyclic) bond motifs is 1. The van der Waals surface area contributed by atoms with Crippen LogP contribution in [0, 0.1) is 23.2 Å². The van der Waals surface area contributed by atoms with Crippen molar-refractivity contribution < 1.29 is 17.9 Å². The van der Waals surface area contributed by atoms with Crippen LogP contribution in [0.2, 0.25) is 0 Å². The van der Waals surface area contributed by atoms with E-state index in [1.54, 1.807) is 7.11 Å². The molecule has 1 N–H and O–H groups in total. The molecule has 0 saturated carbocycles. The third-order valence-corrected chi connectivity index (χ3v) is 5.45. The molecule has 0 fully saturated rings. The second kappa shape index (κ2) is 7.77. The van der Waals surface area contributed by atoms with Gasteiger partial charge in [0, 0.05) is 41.8 Å². The van der Waals surface area contributed by atoms with Crippen molar-refractivity contribution in [1.29, 1.82) is 5.26 Å². The molecule has 0 amide bonds. The highest BCUT2D eigenvalue weighted by Crippen LogP contribution is 2.46. The number of methoxy groups -OCH3 is 1. The third kappa shape index (κ3) is 3.89. The highest BCUT2D eigenvalue weighted by Gasteiger charge is 2.41. The zero-order valence-electron chi connectivity index (χ0n) is 15.4. The highest BCUT2D eigenvalue weighted by atomic mass is 19.4. The van der Waals surface area contributed by atoms with Crippen LogP contribution in [0.1, 0.15) is 43.4 Å². The van der Waals surface area contributed by atoms with Crippen LogP contribution >= 0.6 is 0 Å². The maximum atomic E-state index is 13.2. The van der Waals surface area contributed by atoms with Crippen LogP contribution in [-0.4, -0.2) is 13.2 Å². The fourth-order valence-electron chi connectivity index (χ4n) is 4.24. The van der Waals surface area contributed by atoms with Gasteiger partial charge in [-0.15, -0.1) is 0 Å². The fourth-order valence-corrected chi connectivity index (χ4v) is 4.24. The second-order valence-corrected chi connectivity index (χ2v) is 7.14. The Morgan fingerprint density at radius 3 is 2.74 bits per heavy atom. The summed E-state index contributed by atoms with van der Waals surface area (Å²) in [5.41, 5.74) is 1.28. The molecule has 1 aromatic rings. The number of alkyl halides is 3. The standard InChI is InChI=1S/C21H23F3N2O/c1-3-5-16-19(14-7-4-6-13(10-14)12-25)26-18-9-8-15(21(22,23)24)11-17(18)20(16)27-2/h4,6-9,11,14,16,19-20,26H,3,5,10H2,1-2H3/t14?,16-,19-,20-/m0/s1. The lowest BCUT2D eigenvalue weighted by Gasteiger charge is -2.43. The Balaban J connectivity index is 2.00. The summed E-state index contributed by atoms with van der Waals surface area (Å²) in [4.78, 5) is 0. The van der Waals surface area contributed by atoms with Gasteiger partial charge in [-0.2, -0.15) is 18.4 Å². The highest BCUT2D eigenvalue weighted by molar-refractivity contribution is 5.58. The van der Waals surface area contributed by atoms with Gasteiger partial charge in [-0.05, 0) is 37.1 Å². The van der Waals surface area contributed by atoms with Crippen molar-refractivity contribution in [2.45, 2.75) is 44.5 Å². The van der Waals surface area contributed by atoms with Crippen LogP contribution in [0.3, 0.4) is 0 Å². The minimum absolute atomic E-state index is 0.00700. The van der Waals surface area contributed by atoms with Crippen molar-refractivity contribution in [2.24, 2.45) is 11.8 Å². The van der Waals surface area contributed by atoms with Crippen LogP contribution in [0.4, 0.5) is 18.9 Å². The number of allylic oxidation sites excluding steroid dienone is 3. The molecule has 3 nitrogen and oxygen atoms in total. The zero-order valence-corrected chi connectivity index (χ0v) is 15.4. The summed E-state index contributed by atoms with van der Waals surface area (Å²) < 4.78 is 45.2. The number of hydrogen-bond donors (Lipinski definition) is 1. The van der Waals surface area contributed by atoms with Gasteiger partial charge in [0.1, 0.15) is 0 Å². The number of nitrogens with zero attached hydrogens (tertiary/aromatic N) is 1. The lowest BCUT2D eigenvalue weighted by molar-refractivity contribution is -0.137. The number of hydrogen-bond acceptors (Lipinski definition) is 3. The summed E-state index contributed by atoms with van der Waals surface area (Å²) in [6, 6.07) is 6.01. The average molecular weight is 376 g/mol. The Kier molecular flexibility index (Phi) is 5.61. The maximum Gasteiger partial charge on any atom is 0.416 e. The van der Waals surface area contributed by atoms with Gasteiger partial charge < -0.3 is 10.1 Å². The van der Waals surface area contributed by atoms with E-state index >= 15 is 0 Å². The normalized spacial score (nSPS) is 27.3.